The van der Waals surface area contributed by atoms with Gasteiger partial charge in [-0.2, -0.15) is 5.10 Å². The molecule has 22 heavy (non-hydrogen) atoms. The molecule has 1 unspecified atom stereocenters. The second-order valence-electron chi connectivity index (χ2n) is 6.25. The summed E-state index contributed by atoms with van der Waals surface area (Å²) in [5.41, 5.74) is 1.26. The van der Waals surface area contributed by atoms with Gasteiger partial charge < -0.3 is 15.4 Å². The van der Waals surface area contributed by atoms with Crippen molar-refractivity contribution in [2.24, 2.45) is 10.4 Å². The smallest absolute Gasteiger partial charge is 0.191 e. The molecule has 1 aromatic heterocycles. The van der Waals surface area contributed by atoms with E-state index in [1.807, 2.05) is 24.0 Å². The van der Waals surface area contributed by atoms with Crippen molar-refractivity contribution < 1.29 is 4.74 Å². The second kappa shape index (κ2) is 10.0. The minimum Gasteiger partial charge on any atom is -0.379 e. The molecule has 0 saturated heterocycles. The van der Waals surface area contributed by atoms with Gasteiger partial charge in [-0.05, 0) is 17.9 Å². The molecule has 0 aliphatic carbocycles. The molecule has 6 nitrogen and oxygen atoms in total. The molecule has 0 fully saturated rings. The fraction of sp³-hybridized carbons (Fsp3) is 0.733. The predicted octanol–water partition coefficient (Wildman–Crippen LogP) is 2.04. The van der Waals surface area contributed by atoms with Crippen molar-refractivity contribution >= 4 is 29.9 Å². The summed E-state index contributed by atoms with van der Waals surface area (Å²) < 4.78 is 7.45. The minimum atomic E-state index is 0. The maximum Gasteiger partial charge on any atom is 0.191 e. The summed E-state index contributed by atoms with van der Waals surface area (Å²) in [4.78, 5) is 4.22. The van der Waals surface area contributed by atoms with Gasteiger partial charge in [-0.3, -0.25) is 9.67 Å². The summed E-state index contributed by atoms with van der Waals surface area (Å²) in [6.07, 6.45) is 4.02. The number of guanidine groups is 1. The zero-order chi connectivity index (χ0) is 15.9. The lowest BCUT2D eigenvalue weighted by Crippen LogP contribution is -2.45. The number of nitrogens with one attached hydrogen (secondary N) is 2. The molecular weight excluding hydrogens is 393 g/mol. The molecule has 1 heterocycles. The van der Waals surface area contributed by atoms with Gasteiger partial charge in [0.25, 0.3) is 0 Å². The van der Waals surface area contributed by atoms with Gasteiger partial charge in [-0.1, -0.05) is 20.8 Å². The number of halogens is 1. The highest BCUT2D eigenvalue weighted by Crippen LogP contribution is 2.20. The Morgan fingerprint density at radius 3 is 2.55 bits per heavy atom. The maximum absolute atomic E-state index is 5.53. The van der Waals surface area contributed by atoms with E-state index in [4.69, 9.17) is 4.74 Å². The van der Waals surface area contributed by atoms with E-state index in [1.165, 1.54) is 5.56 Å². The SMILES string of the molecule is CN=C(NCCn1cc(C)cn1)NCC(OC)C(C)(C)C.I. The summed E-state index contributed by atoms with van der Waals surface area (Å²) in [7, 11) is 3.51. The first-order valence-electron chi connectivity index (χ1n) is 7.33. The van der Waals surface area contributed by atoms with Crippen molar-refractivity contribution in [1.82, 2.24) is 20.4 Å². The molecule has 0 radical (unpaired) electrons. The highest BCUT2D eigenvalue weighted by molar-refractivity contribution is 14.0. The highest BCUT2D eigenvalue weighted by atomic mass is 127. The number of methoxy groups -OCH3 is 1. The number of aromatic nitrogens is 2. The highest BCUT2D eigenvalue weighted by Gasteiger charge is 2.24. The Balaban J connectivity index is 0.00000441. The van der Waals surface area contributed by atoms with Crippen LogP contribution in [0.4, 0.5) is 0 Å². The number of ether oxygens (including phenoxy) is 1. The van der Waals surface area contributed by atoms with E-state index in [0.29, 0.717) is 0 Å². The van der Waals surface area contributed by atoms with Crippen LogP contribution in [-0.2, 0) is 11.3 Å². The molecule has 1 aromatic rings. The fourth-order valence-corrected chi connectivity index (χ4v) is 2.03. The van der Waals surface area contributed by atoms with Crippen LogP contribution in [0, 0.1) is 12.3 Å². The van der Waals surface area contributed by atoms with Crippen LogP contribution in [0.1, 0.15) is 26.3 Å². The first-order valence-corrected chi connectivity index (χ1v) is 7.33. The summed E-state index contributed by atoms with van der Waals surface area (Å²) in [6, 6.07) is 0. The second-order valence-corrected chi connectivity index (χ2v) is 6.25. The van der Waals surface area contributed by atoms with Crippen LogP contribution >= 0.6 is 24.0 Å². The van der Waals surface area contributed by atoms with Gasteiger partial charge in [0.1, 0.15) is 0 Å². The minimum absolute atomic E-state index is 0. The van der Waals surface area contributed by atoms with Crippen molar-refractivity contribution in [3.63, 3.8) is 0 Å². The average molecular weight is 423 g/mol. The number of aliphatic imine (C=N–C) groups is 1. The molecule has 2 N–H and O–H groups in total. The monoisotopic (exact) mass is 423 g/mol. The molecule has 7 heteroatoms. The van der Waals surface area contributed by atoms with Crippen LogP contribution in [0.25, 0.3) is 0 Å². The lowest BCUT2D eigenvalue weighted by Gasteiger charge is -2.30. The molecule has 1 atom stereocenters. The molecule has 0 amide bonds. The molecular formula is C15H30IN5O. The number of aryl methyl sites for hydroxylation is 1. The van der Waals surface area contributed by atoms with Crippen LogP contribution in [0.3, 0.4) is 0 Å². The molecule has 0 saturated carbocycles. The standard InChI is InChI=1S/C15H29N5O.HI/c1-12-9-19-20(11-12)8-7-17-14(16-5)18-10-13(21-6)15(2,3)4;/h9,11,13H,7-8,10H2,1-6H3,(H2,16,17,18);1H. The average Bonchev–Trinajstić information content (AvgIpc) is 2.81. The normalized spacial score (nSPS) is 13.5. The summed E-state index contributed by atoms with van der Waals surface area (Å²) in [5, 5.41) is 10.8. The Labute approximate surface area is 151 Å². The number of rotatable bonds is 6. The molecule has 0 aromatic carbocycles. The summed E-state index contributed by atoms with van der Waals surface area (Å²) in [6.45, 7) is 10.8. The maximum atomic E-state index is 5.53. The van der Waals surface area contributed by atoms with Gasteiger partial charge in [-0.15, -0.1) is 24.0 Å². The first-order chi connectivity index (χ1) is 9.86. The number of hydrogen-bond donors (Lipinski definition) is 2. The van der Waals surface area contributed by atoms with Crippen molar-refractivity contribution in [2.45, 2.75) is 40.3 Å². The number of hydrogen-bond acceptors (Lipinski definition) is 3. The molecule has 0 aliphatic heterocycles. The van der Waals surface area contributed by atoms with E-state index in [0.717, 1.165) is 25.6 Å². The molecule has 128 valence electrons. The van der Waals surface area contributed by atoms with Crippen LogP contribution in [0.15, 0.2) is 17.4 Å². The predicted molar refractivity (Wildman–Crippen MR) is 102 cm³/mol. The number of nitrogens with zero attached hydrogens (tertiary/aromatic N) is 3. The van der Waals surface area contributed by atoms with Crippen LogP contribution in [-0.4, -0.2) is 49.1 Å². The van der Waals surface area contributed by atoms with E-state index in [-0.39, 0.29) is 35.5 Å². The topological polar surface area (TPSA) is 63.5 Å². The fourth-order valence-electron chi connectivity index (χ4n) is 2.03. The van der Waals surface area contributed by atoms with E-state index in [9.17, 15) is 0 Å². The van der Waals surface area contributed by atoms with Gasteiger partial charge in [-0.25, -0.2) is 0 Å². The quantitative estimate of drug-likeness (QED) is 0.418. The van der Waals surface area contributed by atoms with Crippen molar-refractivity contribution in [2.75, 3.05) is 27.2 Å². The van der Waals surface area contributed by atoms with Crippen molar-refractivity contribution in [3.05, 3.63) is 18.0 Å². The third kappa shape index (κ3) is 7.44. The first kappa shape index (κ1) is 21.2. The third-order valence-electron chi connectivity index (χ3n) is 3.32. The van der Waals surface area contributed by atoms with Crippen molar-refractivity contribution in [1.29, 1.82) is 0 Å². The van der Waals surface area contributed by atoms with Gasteiger partial charge in [0, 0.05) is 33.4 Å². The van der Waals surface area contributed by atoms with E-state index < -0.39 is 0 Å². The Morgan fingerprint density at radius 1 is 1.41 bits per heavy atom. The lowest BCUT2D eigenvalue weighted by molar-refractivity contribution is 0.0205. The summed E-state index contributed by atoms with van der Waals surface area (Å²) in [5.74, 6) is 0.783. The third-order valence-corrected chi connectivity index (χ3v) is 3.32. The molecule has 0 bridgehead atoms. The van der Waals surface area contributed by atoms with Gasteiger partial charge in [0.15, 0.2) is 5.96 Å². The van der Waals surface area contributed by atoms with Crippen LogP contribution < -0.4 is 10.6 Å². The largest absolute Gasteiger partial charge is 0.379 e. The van der Waals surface area contributed by atoms with Crippen LogP contribution in [0.5, 0.6) is 0 Å². The summed E-state index contributed by atoms with van der Waals surface area (Å²) >= 11 is 0. The van der Waals surface area contributed by atoms with Gasteiger partial charge >= 0.3 is 0 Å². The molecule has 1 rings (SSSR count). The van der Waals surface area contributed by atoms with Crippen LogP contribution in [0.2, 0.25) is 0 Å². The van der Waals surface area contributed by atoms with Gasteiger partial charge in [0.2, 0.25) is 0 Å². The Bertz CT molecular complexity index is 453. The van der Waals surface area contributed by atoms with E-state index >= 15 is 0 Å². The van der Waals surface area contributed by atoms with Gasteiger partial charge in [0.05, 0.1) is 18.8 Å². The van der Waals surface area contributed by atoms with Crippen molar-refractivity contribution in [3.8, 4) is 0 Å². The Hall–Kier alpha value is -0.830. The van der Waals surface area contributed by atoms with E-state index in [1.54, 1.807) is 14.2 Å². The zero-order valence-electron chi connectivity index (χ0n) is 14.5. The molecule has 0 spiro atoms. The Morgan fingerprint density at radius 2 is 2.09 bits per heavy atom. The zero-order valence-corrected chi connectivity index (χ0v) is 16.8. The molecule has 0 aliphatic rings. The van der Waals surface area contributed by atoms with E-state index in [2.05, 4.69) is 41.5 Å². The lowest BCUT2D eigenvalue weighted by atomic mass is 9.89. The Kier molecular flexibility index (Phi) is 9.66.